The monoisotopic (exact) mass is 396 g/mol. The molecule has 0 aromatic heterocycles. The van der Waals surface area contributed by atoms with Crippen LogP contribution in [0, 0.1) is 0 Å². The third-order valence-electron chi connectivity index (χ3n) is 5.13. The normalized spacial score (nSPS) is 16.6. The Morgan fingerprint density at radius 3 is 2.69 bits per heavy atom. The van der Waals surface area contributed by atoms with E-state index in [2.05, 4.69) is 52.8 Å². The second-order valence-electron chi connectivity index (χ2n) is 7.10. The van der Waals surface area contributed by atoms with E-state index < -0.39 is 0 Å². The molecule has 2 aromatic carbocycles. The van der Waals surface area contributed by atoms with Crippen LogP contribution in [0.5, 0.6) is 11.5 Å². The minimum atomic E-state index is 0.388. The highest BCUT2D eigenvalue weighted by molar-refractivity contribution is 5.80. The van der Waals surface area contributed by atoms with Crippen LogP contribution in [0.4, 0.5) is 5.69 Å². The molecule has 1 heterocycles. The first kappa shape index (κ1) is 20.8. The Morgan fingerprint density at radius 1 is 1.14 bits per heavy atom. The maximum absolute atomic E-state index is 5.47. The van der Waals surface area contributed by atoms with Gasteiger partial charge in [0, 0.05) is 37.9 Å². The zero-order chi connectivity index (χ0) is 20.5. The van der Waals surface area contributed by atoms with Crippen molar-refractivity contribution in [3.05, 3.63) is 54.1 Å². The van der Waals surface area contributed by atoms with Crippen LogP contribution < -0.4 is 25.0 Å². The van der Waals surface area contributed by atoms with Crippen molar-refractivity contribution in [1.29, 1.82) is 0 Å². The second kappa shape index (κ2) is 10.6. The highest BCUT2D eigenvalue weighted by Crippen LogP contribution is 2.24. The Bertz CT molecular complexity index is 795. The van der Waals surface area contributed by atoms with Gasteiger partial charge in [-0.15, -0.1) is 0 Å². The lowest BCUT2D eigenvalue weighted by atomic mass is 10.1. The van der Waals surface area contributed by atoms with Gasteiger partial charge in [-0.05, 0) is 55.7 Å². The van der Waals surface area contributed by atoms with E-state index in [9.17, 15) is 0 Å². The molecule has 156 valence electrons. The summed E-state index contributed by atoms with van der Waals surface area (Å²) in [5.74, 6) is 2.57. The van der Waals surface area contributed by atoms with E-state index in [1.54, 1.807) is 14.2 Å². The molecule has 1 atom stereocenters. The molecule has 2 N–H and O–H groups in total. The van der Waals surface area contributed by atoms with Gasteiger partial charge in [-0.2, -0.15) is 0 Å². The molecule has 0 amide bonds. The Morgan fingerprint density at radius 2 is 1.97 bits per heavy atom. The van der Waals surface area contributed by atoms with E-state index in [1.165, 1.54) is 5.69 Å². The fourth-order valence-corrected chi connectivity index (χ4v) is 3.63. The SMILES string of the molecule is CCNC(=NCCc1cc(OC)ccc1OC)NC1CCN(c2ccccc2)C1. The second-order valence-corrected chi connectivity index (χ2v) is 7.10. The number of ether oxygens (including phenoxy) is 2. The number of anilines is 1. The molecule has 0 radical (unpaired) electrons. The zero-order valence-electron chi connectivity index (χ0n) is 17.6. The number of guanidine groups is 1. The zero-order valence-corrected chi connectivity index (χ0v) is 17.6. The molecule has 0 saturated carbocycles. The number of methoxy groups -OCH3 is 2. The van der Waals surface area contributed by atoms with E-state index in [0.29, 0.717) is 12.6 Å². The number of rotatable bonds is 8. The highest BCUT2D eigenvalue weighted by atomic mass is 16.5. The Balaban J connectivity index is 1.58. The number of nitrogens with zero attached hydrogens (tertiary/aromatic N) is 2. The number of hydrogen-bond acceptors (Lipinski definition) is 4. The molecule has 29 heavy (non-hydrogen) atoms. The van der Waals surface area contributed by atoms with Crippen LogP contribution in [0.1, 0.15) is 18.9 Å². The molecule has 2 aromatic rings. The standard InChI is InChI=1S/C23H32N4O2/c1-4-24-23(25-14-12-18-16-21(28-2)10-11-22(18)29-3)26-19-13-15-27(17-19)20-8-6-5-7-9-20/h5-11,16,19H,4,12-15,17H2,1-3H3,(H2,24,25,26). The lowest BCUT2D eigenvalue weighted by Crippen LogP contribution is -2.44. The maximum Gasteiger partial charge on any atom is 0.191 e. The molecular formula is C23H32N4O2. The van der Waals surface area contributed by atoms with Crippen molar-refractivity contribution in [2.24, 2.45) is 4.99 Å². The number of benzene rings is 2. The third kappa shape index (κ3) is 5.79. The van der Waals surface area contributed by atoms with Gasteiger partial charge < -0.3 is 25.0 Å². The molecule has 1 fully saturated rings. The molecule has 1 unspecified atom stereocenters. The molecule has 1 saturated heterocycles. The minimum Gasteiger partial charge on any atom is -0.497 e. The van der Waals surface area contributed by atoms with Gasteiger partial charge in [0.2, 0.25) is 0 Å². The summed E-state index contributed by atoms with van der Waals surface area (Å²) in [7, 11) is 3.37. The van der Waals surface area contributed by atoms with Crippen molar-refractivity contribution in [3.8, 4) is 11.5 Å². The van der Waals surface area contributed by atoms with Crippen molar-refractivity contribution in [3.63, 3.8) is 0 Å². The molecule has 1 aliphatic heterocycles. The molecule has 0 bridgehead atoms. The third-order valence-corrected chi connectivity index (χ3v) is 5.13. The van der Waals surface area contributed by atoms with Gasteiger partial charge in [0.1, 0.15) is 11.5 Å². The van der Waals surface area contributed by atoms with Crippen molar-refractivity contribution < 1.29 is 9.47 Å². The summed E-state index contributed by atoms with van der Waals surface area (Å²) >= 11 is 0. The first-order valence-corrected chi connectivity index (χ1v) is 10.3. The van der Waals surface area contributed by atoms with Crippen LogP contribution in [0.3, 0.4) is 0 Å². The maximum atomic E-state index is 5.47. The predicted molar refractivity (Wildman–Crippen MR) is 119 cm³/mol. The van der Waals surface area contributed by atoms with Crippen LogP contribution in [0.15, 0.2) is 53.5 Å². The van der Waals surface area contributed by atoms with Crippen LogP contribution in [-0.2, 0) is 6.42 Å². The smallest absolute Gasteiger partial charge is 0.191 e. The summed E-state index contributed by atoms with van der Waals surface area (Å²) in [5.41, 5.74) is 2.38. The lowest BCUT2D eigenvalue weighted by molar-refractivity contribution is 0.399. The number of aliphatic imine (C=N–C) groups is 1. The largest absolute Gasteiger partial charge is 0.497 e. The topological polar surface area (TPSA) is 58.1 Å². The van der Waals surface area contributed by atoms with Gasteiger partial charge in [0.25, 0.3) is 0 Å². The summed E-state index contributed by atoms with van der Waals surface area (Å²) in [5, 5.41) is 6.96. The molecule has 3 rings (SSSR count). The molecule has 6 heteroatoms. The molecule has 6 nitrogen and oxygen atoms in total. The molecule has 0 aliphatic carbocycles. The van der Waals surface area contributed by atoms with Crippen molar-refractivity contribution >= 4 is 11.6 Å². The summed E-state index contributed by atoms with van der Waals surface area (Å²) in [6, 6.07) is 16.8. The van der Waals surface area contributed by atoms with E-state index in [1.807, 2.05) is 18.2 Å². The van der Waals surface area contributed by atoms with E-state index in [0.717, 1.165) is 55.5 Å². The number of para-hydroxylation sites is 1. The van der Waals surface area contributed by atoms with Gasteiger partial charge in [-0.25, -0.2) is 0 Å². The summed E-state index contributed by atoms with van der Waals surface area (Å²) in [6.07, 6.45) is 1.89. The van der Waals surface area contributed by atoms with Crippen molar-refractivity contribution in [2.75, 3.05) is 45.3 Å². The first-order chi connectivity index (χ1) is 14.2. The minimum absolute atomic E-state index is 0.388. The lowest BCUT2D eigenvalue weighted by Gasteiger charge is -2.20. The highest BCUT2D eigenvalue weighted by Gasteiger charge is 2.23. The van der Waals surface area contributed by atoms with Crippen LogP contribution >= 0.6 is 0 Å². The van der Waals surface area contributed by atoms with Crippen LogP contribution in [0.2, 0.25) is 0 Å². The molecule has 0 spiro atoms. The molecular weight excluding hydrogens is 364 g/mol. The average Bonchev–Trinajstić information content (AvgIpc) is 3.23. The predicted octanol–water partition coefficient (Wildman–Crippen LogP) is 3.08. The summed E-state index contributed by atoms with van der Waals surface area (Å²) in [4.78, 5) is 7.20. The van der Waals surface area contributed by atoms with Crippen molar-refractivity contribution in [2.45, 2.75) is 25.8 Å². The van der Waals surface area contributed by atoms with E-state index in [4.69, 9.17) is 14.5 Å². The van der Waals surface area contributed by atoms with Gasteiger partial charge in [0.05, 0.1) is 14.2 Å². The fraction of sp³-hybridized carbons (Fsp3) is 0.435. The Labute approximate surface area is 173 Å². The Kier molecular flexibility index (Phi) is 7.61. The van der Waals surface area contributed by atoms with Gasteiger partial charge in [0.15, 0.2) is 5.96 Å². The number of hydrogen-bond donors (Lipinski definition) is 2. The quantitative estimate of drug-likeness (QED) is 0.530. The van der Waals surface area contributed by atoms with Crippen molar-refractivity contribution in [1.82, 2.24) is 10.6 Å². The average molecular weight is 397 g/mol. The fourth-order valence-electron chi connectivity index (χ4n) is 3.63. The number of nitrogens with one attached hydrogen (secondary N) is 2. The Hall–Kier alpha value is -2.89. The van der Waals surface area contributed by atoms with Gasteiger partial charge in [-0.3, -0.25) is 4.99 Å². The summed E-state index contributed by atoms with van der Waals surface area (Å²) < 4.78 is 10.8. The van der Waals surface area contributed by atoms with Gasteiger partial charge >= 0.3 is 0 Å². The van der Waals surface area contributed by atoms with Crippen LogP contribution in [-0.4, -0.2) is 52.4 Å². The first-order valence-electron chi connectivity index (χ1n) is 10.3. The van der Waals surface area contributed by atoms with Crippen LogP contribution in [0.25, 0.3) is 0 Å². The molecule has 1 aliphatic rings. The van der Waals surface area contributed by atoms with E-state index in [-0.39, 0.29) is 0 Å². The van der Waals surface area contributed by atoms with E-state index >= 15 is 0 Å². The summed E-state index contributed by atoms with van der Waals surface area (Å²) in [6.45, 7) is 5.64. The van der Waals surface area contributed by atoms with Gasteiger partial charge in [-0.1, -0.05) is 18.2 Å².